The van der Waals surface area contributed by atoms with Crippen LogP contribution >= 0.6 is 0 Å². The fraction of sp³-hybridized carbons (Fsp3) is 0.438. The average molecular weight is 275 g/mol. The van der Waals surface area contributed by atoms with Gasteiger partial charge in [0.05, 0.1) is 12.6 Å². The van der Waals surface area contributed by atoms with Crippen molar-refractivity contribution in [2.45, 2.75) is 39.3 Å². The van der Waals surface area contributed by atoms with Crippen molar-refractivity contribution in [3.05, 3.63) is 36.1 Å². The molecule has 0 aliphatic carbocycles. The van der Waals surface area contributed by atoms with Crippen molar-refractivity contribution in [1.29, 1.82) is 0 Å². The number of aliphatic carboxylic acids is 1. The summed E-state index contributed by atoms with van der Waals surface area (Å²) in [7, 11) is 0. The SMILES string of the molecule is CC(c1cc2ccccc2o1)N(CC(=O)O)C(C)(C)C. The number of carbonyl (C=O) groups is 1. The summed E-state index contributed by atoms with van der Waals surface area (Å²) in [6.07, 6.45) is 0. The first kappa shape index (κ1) is 14.6. The molecule has 1 atom stereocenters. The van der Waals surface area contributed by atoms with Crippen molar-refractivity contribution >= 4 is 16.9 Å². The molecule has 0 bridgehead atoms. The van der Waals surface area contributed by atoms with E-state index < -0.39 is 5.97 Å². The third-order valence-corrected chi connectivity index (χ3v) is 3.49. The molecule has 4 nitrogen and oxygen atoms in total. The number of hydrogen-bond acceptors (Lipinski definition) is 3. The molecule has 2 aromatic rings. The summed E-state index contributed by atoms with van der Waals surface area (Å²) in [6.45, 7) is 7.99. The van der Waals surface area contributed by atoms with Gasteiger partial charge >= 0.3 is 5.97 Å². The molecule has 108 valence electrons. The summed E-state index contributed by atoms with van der Waals surface area (Å²) in [5, 5.41) is 10.2. The number of rotatable bonds is 4. The fourth-order valence-corrected chi connectivity index (χ4v) is 2.46. The number of fused-ring (bicyclic) bond motifs is 1. The van der Waals surface area contributed by atoms with Crippen molar-refractivity contribution in [1.82, 2.24) is 4.90 Å². The maximum Gasteiger partial charge on any atom is 0.317 e. The molecule has 20 heavy (non-hydrogen) atoms. The number of nitrogens with zero attached hydrogens (tertiary/aromatic N) is 1. The Balaban J connectivity index is 2.35. The quantitative estimate of drug-likeness (QED) is 0.924. The summed E-state index contributed by atoms with van der Waals surface area (Å²) in [5.41, 5.74) is 0.579. The molecule has 0 aliphatic heterocycles. The van der Waals surface area contributed by atoms with Crippen LogP contribution in [-0.4, -0.2) is 28.1 Å². The molecule has 0 spiro atoms. The smallest absolute Gasteiger partial charge is 0.317 e. The Hall–Kier alpha value is -1.81. The van der Waals surface area contributed by atoms with Crippen LogP contribution in [0.4, 0.5) is 0 Å². The highest BCUT2D eigenvalue weighted by atomic mass is 16.4. The summed E-state index contributed by atoms with van der Waals surface area (Å²) < 4.78 is 5.85. The highest BCUT2D eigenvalue weighted by molar-refractivity contribution is 5.77. The Bertz CT molecular complexity index is 576. The van der Waals surface area contributed by atoms with E-state index in [0.717, 1.165) is 16.7 Å². The number of benzene rings is 1. The van der Waals surface area contributed by atoms with Gasteiger partial charge in [-0.2, -0.15) is 0 Å². The third kappa shape index (κ3) is 3.02. The van der Waals surface area contributed by atoms with Crippen molar-refractivity contribution in [2.24, 2.45) is 0 Å². The molecule has 1 heterocycles. The van der Waals surface area contributed by atoms with Crippen LogP contribution in [0.15, 0.2) is 34.7 Å². The van der Waals surface area contributed by atoms with Crippen LogP contribution in [0, 0.1) is 0 Å². The molecule has 0 radical (unpaired) electrons. The van der Waals surface area contributed by atoms with Gasteiger partial charge in [0.15, 0.2) is 0 Å². The number of para-hydroxylation sites is 1. The normalized spacial score (nSPS) is 13.8. The largest absolute Gasteiger partial charge is 0.480 e. The second-order valence-corrected chi connectivity index (χ2v) is 6.06. The summed E-state index contributed by atoms with van der Waals surface area (Å²) in [5.74, 6) is -0.0368. The molecule has 1 aromatic heterocycles. The van der Waals surface area contributed by atoms with Crippen molar-refractivity contribution in [2.75, 3.05) is 6.54 Å². The van der Waals surface area contributed by atoms with E-state index in [0.29, 0.717) is 0 Å². The first-order chi connectivity index (χ1) is 9.29. The first-order valence-electron chi connectivity index (χ1n) is 6.76. The summed E-state index contributed by atoms with van der Waals surface area (Å²) >= 11 is 0. The Morgan fingerprint density at radius 2 is 2.00 bits per heavy atom. The van der Waals surface area contributed by atoms with Gasteiger partial charge in [-0.05, 0) is 39.8 Å². The minimum absolute atomic E-state index is 0.0122. The van der Waals surface area contributed by atoms with E-state index in [1.165, 1.54) is 0 Å². The monoisotopic (exact) mass is 275 g/mol. The molecule has 0 fully saturated rings. The van der Waals surface area contributed by atoms with Crippen LogP contribution in [0.3, 0.4) is 0 Å². The van der Waals surface area contributed by atoms with E-state index in [1.807, 2.05) is 62.9 Å². The lowest BCUT2D eigenvalue weighted by Crippen LogP contribution is -2.45. The Kier molecular flexibility index (Phi) is 3.86. The van der Waals surface area contributed by atoms with Gasteiger partial charge in [-0.1, -0.05) is 18.2 Å². The minimum Gasteiger partial charge on any atom is -0.480 e. The molecule has 0 amide bonds. The Morgan fingerprint density at radius 1 is 1.35 bits per heavy atom. The maximum absolute atomic E-state index is 11.1. The molecule has 0 saturated carbocycles. The van der Waals surface area contributed by atoms with Crippen LogP contribution in [0.2, 0.25) is 0 Å². The maximum atomic E-state index is 11.1. The fourth-order valence-electron chi connectivity index (χ4n) is 2.46. The Labute approximate surface area is 119 Å². The molecule has 1 N–H and O–H groups in total. The predicted octanol–water partition coefficient (Wildman–Crippen LogP) is 3.68. The van der Waals surface area contributed by atoms with Gasteiger partial charge in [0.2, 0.25) is 0 Å². The van der Waals surface area contributed by atoms with E-state index in [-0.39, 0.29) is 18.1 Å². The molecule has 0 saturated heterocycles. The standard InChI is InChI=1S/C16H21NO3/c1-11(17(10-15(18)19)16(2,3)4)14-9-12-7-5-6-8-13(12)20-14/h5-9,11H,10H2,1-4H3,(H,18,19). The molecule has 2 rings (SSSR count). The minimum atomic E-state index is -0.831. The molecule has 1 unspecified atom stereocenters. The Morgan fingerprint density at radius 3 is 2.55 bits per heavy atom. The molecule has 1 aromatic carbocycles. The van der Waals surface area contributed by atoms with Gasteiger partial charge in [-0.3, -0.25) is 9.69 Å². The van der Waals surface area contributed by atoms with Crippen LogP contribution in [0.25, 0.3) is 11.0 Å². The summed E-state index contributed by atoms with van der Waals surface area (Å²) in [4.78, 5) is 13.0. The lowest BCUT2D eigenvalue weighted by molar-refractivity contribution is -0.140. The topological polar surface area (TPSA) is 53.7 Å². The third-order valence-electron chi connectivity index (χ3n) is 3.49. The number of carboxylic acids is 1. The zero-order valence-electron chi connectivity index (χ0n) is 12.4. The molecule has 4 heteroatoms. The van der Waals surface area contributed by atoms with Gasteiger partial charge in [0.25, 0.3) is 0 Å². The second kappa shape index (κ2) is 5.29. The molecular weight excluding hydrogens is 254 g/mol. The van der Waals surface area contributed by atoms with E-state index >= 15 is 0 Å². The molecular formula is C16H21NO3. The van der Waals surface area contributed by atoms with Gasteiger partial charge in [-0.25, -0.2) is 0 Å². The zero-order valence-corrected chi connectivity index (χ0v) is 12.4. The van der Waals surface area contributed by atoms with Crippen LogP contribution in [0.5, 0.6) is 0 Å². The number of hydrogen-bond donors (Lipinski definition) is 1. The second-order valence-electron chi connectivity index (χ2n) is 6.06. The average Bonchev–Trinajstić information content (AvgIpc) is 2.77. The van der Waals surface area contributed by atoms with Crippen molar-refractivity contribution in [3.8, 4) is 0 Å². The van der Waals surface area contributed by atoms with Crippen LogP contribution < -0.4 is 0 Å². The van der Waals surface area contributed by atoms with Crippen LogP contribution in [-0.2, 0) is 4.79 Å². The van der Waals surface area contributed by atoms with E-state index in [9.17, 15) is 4.79 Å². The number of carboxylic acid groups (broad SMARTS) is 1. The highest BCUT2D eigenvalue weighted by Gasteiger charge is 2.30. The van der Waals surface area contributed by atoms with Gasteiger partial charge in [-0.15, -0.1) is 0 Å². The van der Waals surface area contributed by atoms with Crippen LogP contribution in [0.1, 0.15) is 39.5 Å². The first-order valence-corrected chi connectivity index (χ1v) is 6.76. The van der Waals surface area contributed by atoms with Crippen molar-refractivity contribution < 1.29 is 14.3 Å². The van der Waals surface area contributed by atoms with E-state index in [2.05, 4.69) is 0 Å². The molecule has 0 aliphatic rings. The zero-order chi connectivity index (χ0) is 14.9. The van der Waals surface area contributed by atoms with E-state index in [1.54, 1.807) is 0 Å². The predicted molar refractivity (Wildman–Crippen MR) is 78.7 cm³/mol. The number of furan rings is 1. The van der Waals surface area contributed by atoms with Gasteiger partial charge in [0.1, 0.15) is 11.3 Å². The van der Waals surface area contributed by atoms with Gasteiger partial charge < -0.3 is 9.52 Å². The van der Waals surface area contributed by atoms with Gasteiger partial charge in [0, 0.05) is 10.9 Å². The van der Waals surface area contributed by atoms with Crippen molar-refractivity contribution in [3.63, 3.8) is 0 Å². The summed E-state index contributed by atoms with van der Waals surface area (Å²) in [6, 6.07) is 9.70. The van der Waals surface area contributed by atoms with E-state index in [4.69, 9.17) is 9.52 Å². The lowest BCUT2D eigenvalue weighted by Gasteiger charge is -2.38. The lowest BCUT2D eigenvalue weighted by atomic mass is 10.0. The highest BCUT2D eigenvalue weighted by Crippen LogP contribution is 2.31.